The van der Waals surface area contributed by atoms with Crippen molar-refractivity contribution in [2.75, 3.05) is 52.5 Å². The van der Waals surface area contributed by atoms with Crippen LogP contribution in [0.5, 0.6) is 0 Å². The number of ether oxygens (including phenoxy) is 1. The van der Waals surface area contributed by atoms with Gasteiger partial charge in [-0.15, -0.1) is 10.2 Å². The van der Waals surface area contributed by atoms with Crippen LogP contribution in [0.1, 0.15) is 43.3 Å². The molecule has 25 heavy (non-hydrogen) atoms. The van der Waals surface area contributed by atoms with E-state index in [0.29, 0.717) is 5.92 Å². The quantitative estimate of drug-likeness (QED) is 0.859. The second-order valence-electron chi connectivity index (χ2n) is 7.74. The van der Waals surface area contributed by atoms with E-state index in [0.717, 1.165) is 51.3 Å². The molecule has 0 amide bonds. The molecule has 4 rings (SSSR count). The standard InChI is InChI=1S/C18H32N6O/c1-22-17(14-23-9-11-25-12-10-23)20-21-18(22)15-3-2-8-24(13-15)16-4-6-19-7-5-16/h15-16,19H,2-14H2,1H3. The molecule has 3 fully saturated rings. The van der Waals surface area contributed by atoms with Crippen molar-refractivity contribution >= 4 is 0 Å². The molecule has 140 valence electrons. The number of piperidine rings is 2. The molecule has 3 aliphatic rings. The molecule has 0 aliphatic carbocycles. The number of likely N-dealkylation sites (tertiary alicyclic amines) is 1. The number of rotatable bonds is 4. The molecule has 1 aromatic rings. The highest BCUT2D eigenvalue weighted by molar-refractivity contribution is 5.04. The van der Waals surface area contributed by atoms with Crippen LogP contribution >= 0.6 is 0 Å². The van der Waals surface area contributed by atoms with Crippen molar-refractivity contribution in [2.24, 2.45) is 7.05 Å². The summed E-state index contributed by atoms with van der Waals surface area (Å²) >= 11 is 0. The Morgan fingerprint density at radius 2 is 1.88 bits per heavy atom. The predicted molar refractivity (Wildman–Crippen MR) is 96.5 cm³/mol. The molecular formula is C18H32N6O. The zero-order valence-corrected chi connectivity index (χ0v) is 15.5. The molecule has 0 bridgehead atoms. The van der Waals surface area contributed by atoms with Gasteiger partial charge in [0.1, 0.15) is 11.6 Å². The number of hydrogen-bond donors (Lipinski definition) is 1. The van der Waals surface area contributed by atoms with Gasteiger partial charge in [0.25, 0.3) is 0 Å². The Morgan fingerprint density at radius 1 is 1.08 bits per heavy atom. The molecule has 4 heterocycles. The summed E-state index contributed by atoms with van der Waals surface area (Å²) in [6.45, 7) is 9.27. The number of nitrogens with one attached hydrogen (secondary N) is 1. The zero-order valence-electron chi connectivity index (χ0n) is 15.5. The molecule has 3 saturated heterocycles. The summed E-state index contributed by atoms with van der Waals surface area (Å²) in [6.07, 6.45) is 5.09. The van der Waals surface area contributed by atoms with Crippen LogP contribution in [0, 0.1) is 0 Å². The molecule has 0 radical (unpaired) electrons. The van der Waals surface area contributed by atoms with Gasteiger partial charge < -0.3 is 14.6 Å². The fourth-order valence-corrected chi connectivity index (χ4v) is 4.55. The van der Waals surface area contributed by atoms with Crippen LogP contribution in [0.3, 0.4) is 0 Å². The minimum absolute atomic E-state index is 0.527. The lowest BCUT2D eigenvalue weighted by Gasteiger charge is -2.39. The average molecular weight is 348 g/mol. The Bertz CT molecular complexity index is 550. The number of morpholine rings is 1. The van der Waals surface area contributed by atoms with Gasteiger partial charge in [-0.2, -0.15) is 0 Å². The number of nitrogens with zero attached hydrogens (tertiary/aromatic N) is 5. The summed E-state index contributed by atoms with van der Waals surface area (Å²) in [5.41, 5.74) is 0. The molecule has 0 saturated carbocycles. The Labute approximate surface area is 150 Å². The van der Waals surface area contributed by atoms with E-state index in [-0.39, 0.29) is 0 Å². The molecule has 7 heteroatoms. The summed E-state index contributed by atoms with van der Waals surface area (Å²) in [6, 6.07) is 0.755. The van der Waals surface area contributed by atoms with Crippen LogP contribution in [-0.2, 0) is 18.3 Å². The van der Waals surface area contributed by atoms with Crippen molar-refractivity contribution in [2.45, 2.75) is 44.2 Å². The fraction of sp³-hybridized carbons (Fsp3) is 0.889. The van der Waals surface area contributed by atoms with Crippen molar-refractivity contribution in [3.05, 3.63) is 11.6 Å². The largest absolute Gasteiger partial charge is 0.379 e. The maximum Gasteiger partial charge on any atom is 0.146 e. The molecular weight excluding hydrogens is 316 g/mol. The molecule has 1 N–H and O–H groups in total. The summed E-state index contributed by atoms with van der Waals surface area (Å²) in [5.74, 6) is 2.80. The Hall–Kier alpha value is -1.02. The first-order valence-corrected chi connectivity index (χ1v) is 9.94. The van der Waals surface area contributed by atoms with Gasteiger partial charge in [0.2, 0.25) is 0 Å². The number of hydrogen-bond acceptors (Lipinski definition) is 6. The highest BCUT2D eigenvalue weighted by atomic mass is 16.5. The summed E-state index contributed by atoms with van der Waals surface area (Å²) in [5, 5.41) is 12.6. The third-order valence-electron chi connectivity index (χ3n) is 6.11. The van der Waals surface area contributed by atoms with Gasteiger partial charge in [0.15, 0.2) is 0 Å². The Balaban J connectivity index is 1.40. The minimum Gasteiger partial charge on any atom is -0.379 e. The van der Waals surface area contributed by atoms with Gasteiger partial charge in [-0.3, -0.25) is 9.80 Å². The van der Waals surface area contributed by atoms with E-state index in [2.05, 4.69) is 36.9 Å². The zero-order chi connectivity index (χ0) is 17.1. The van der Waals surface area contributed by atoms with Crippen LogP contribution in [-0.4, -0.2) is 83.1 Å². The van der Waals surface area contributed by atoms with E-state index < -0.39 is 0 Å². The molecule has 1 unspecified atom stereocenters. The van der Waals surface area contributed by atoms with Gasteiger partial charge in [-0.25, -0.2) is 0 Å². The van der Waals surface area contributed by atoms with E-state index in [9.17, 15) is 0 Å². The highest BCUT2D eigenvalue weighted by Crippen LogP contribution is 2.28. The van der Waals surface area contributed by atoms with Crippen molar-refractivity contribution < 1.29 is 4.74 Å². The van der Waals surface area contributed by atoms with Crippen molar-refractivity contribution in [1.82, 2.24) is 29.9 Å². The maximum absolute atomic E-state index is 5.44. The van der Waals surface area contributed by atoms with Crippen LogP contribution in [0.2, 0.25) is 0 Å². The third kappa shape index (κ3) is 4.05. The average Bonchev–Trinajstić information content (AvgIpc) is 3.04. The van der Waals surface area contributed by atoms with Crippen molar-refractivity contribution in [3.8, 4) is 0 Å². The van der Waals surface area contributed by atoms with Crippen molar-refractivity contribution in [3.63, 3.8) is 0 Å². The van der Waals surface area contributed by atoms with Crippen molar-refractivity contribution in [1.29, 1.82) is 0 Å². The van der Waals surface area contributed by atoms with Gasteiger partial charge in [0.05, 0.1) is 19.8 Å². The summed E-state index contributed by atoms with van der Waals surface area (Å²) in [4.78, 5) is 5.13. The lowest BCUT2D eigenvalue weighted by atomic mass is 9.93. The van der Waals surface area contributed by atoms with E-state index in [4.69, 9.17) is 4.74 Å². The van der Waals surface area contributed by atoms with E-state index in [1.165, 1.54) is 51.1 Å². The lowest BCUT2D eigenvalue weighted by Crippen LogP contribution is -2.47. The molecule has 3 aliphatic heterocycles. The second kappa shape index (κ2) is 8.12. The highest BCUT2D eigenvalue weighted by Gasteiger charge is 2.30. The Kier molecular flexibility index (Phi) is 5.65. The predicted octanol–water partition coefficient (Wildman–Crippen LogP) is 0.579. The first-order chi connectivity index (χ1) is 12.3. The van der Waals surface area contributed by atoms with E-state index in [1.54, 1.807) is 0 Å². The van der Waals surface area contributed by atoms with Crippen LogP contribution < -0.4 is 5.32 Å². The molecule has 1 aromatic heterocycles. The third-order valence-corrected chi connectivity index (χ3v) is 6.11. The first-order valence-electron chi connectivity index (χ1n) is 9.94. The molecule has 7 nitrogen and oxygen atoms in total. The lowest BCUT2D eigenvalue weighted by molar-refractivity contribution is 0.0326. The molecule has 1 atom stereocenters. The minimum atomic E-state index is 0.527. The summed E-state index contributed by atoms with van der Waals surface area (Å²) in [7, 11) is 2.15. The van der Waals surface area contributed by atoms with Crippen LogP contribution in [0.15, 0.2) is 0 Å². The maximum atomic E-state index is 5.44. The van der Waals surface area contributed by atoms with E-state index in [1.807, 2.05) is 0 Å². The number of aromatic nitrogens is 3. The molecule has 0 spiro atoms. The summed E-state index contributed by atoms with van der Waals surface area (Å²) < 4.78 is 7.70. The topological polar surface area (TPSA) is 58.5 Å². The fourth-order valence-electron chi connectivity index (χ4n) is 4.55. The smallest absolute Gasteiger partial charge is 0.146 e. The van der Waals surface area contributed by atoms with Crippen LogP contribution in [0.4, 0.5) is 0 Å². The van der Waals surface area contributed by atoms with Gasteiger partial charge in [-0.1, -0.05) is 0 Å². The van der Waals surface area contributed by atoms with Gasteiger partial charge in [-0.05, 0) is 45.3 Å². The monoisotopic (exact) mass is 348 g/mol. The molecule has 0 aromatic carbocycles. The van der Waals surface area contributed by atoms with E-state index >= 15 is 0 Å². The normalized spacial score (nSPS) is 27.6. The van der Waals surface area contributed by atoms with Gasteiger partial charge >= 0.3 is 0 Å². The van der Waals surface area contributed by atoms with Gasteiger partial charge in [0, 0.05) is 38.6 Å². The SMILES string of the molecule is Cn1c(CN2CCOCC2)nnc1C1CCCN(C2CCNCC2)C1. The Morgan fingerprint density at radius 3 is 2.68 bits per heavy atom. The second-order valence-corrected chi connectivity index (χ2v) is 7.74. The first kappa shape index (κ1) is 17.4. The van der Waals surface area contributed by atoms with Crippen LogP contribution in [0.25, 0.3) is 0 Å².